The van der Waals surface area contributed by atoms with Crippen LogP contribution in [0.15, 0.2) is 53.2 Å². The van der Waals surface area contributed by atoms with Crippen molar-refractivity contribution in [3.8, 4) is 28.3 Å². The van der Waals surface area contributed by atoms with Gasteiger partial charge in [-0.2, -0.15) is 18.3 Å². The van der Waals surface area contributed by atoms with Crippen molar-refractivity contribution in [2.45, 2.75) is 6.18 Å². The van der Waals surface area contributed by atoms with Gasteiger partial charge in [0.05, 0.1) is 33.6 Å². The summed E-state index contributed by atoms with van der Waals surface area (Å²) in [6.07, 6.45) is -3.94. The lowest BCUT2D eigenvalue weighted by Gasteiger charge is -2.12. The summed E-state index contributed by atoms with van der Waals surface area (Å²) < 4.78 is 62.6. The molecular formula is C20H10Cl2F4N4OS. The number of rotatable bonds is 4. The molecule has 0 fully saturated rings. The molecule has 12 heteroatoms. The second kappa shape index (κ2) is 8.19. The van der Waals surface area contributed by atoms with Gasteiger partial charge >= 0.3 is 6.18 Å². The fourth-order valence-corrected chi connectivity index (χ4v) is 3.81. The molecule has 4 rings (SSSR count). The van der Waals surface area contributed by atoms with E-state index in [1.165, 1.54) is 36.4 Å². The maximum absolute atomic E-state index is 14.5. The molecular weight excluding hydrogens is 491 g/mol. The van der Waals surface area contributed by atoms with Crippen LogP contribution < -0.4 is 5.73 Å². The van der Waals surface area contributed by atoms with Crippen LogP contribution in [-0.4, -0.2) is 19.9 Å². The Morgan fingerprint density at radius 1 is 1.12 bits per heavy atom. The van der Waals surface area contributed by atoms with Gasteiger partial charge in [-0.1, -0.05) is 52.7 Å². The van der Waals surface area contributed by atoms with Crippen LogP contribution in [0.25, 0.3) is 28.3 Å². The highest BCUT2D eigenvalue weighted by Crippen LogP contribution is 2.42. The maximum atomic E-state index is 14.5. The van der Waals surface area contributed by atoms with Crippen molar-refractivity contribution in [2.75, 3.05) is 0 Å². The first-order chi connectivity index (χ1) is 15.1. The molecule has 2 aromatic heterocycles. The zero-order valence-electron chi connectivity index (χ0n) is 15.6. The number of halogens is 6. The Labute approximate surface area is 193 Å². The van der Waals surface area contributed by atoms with Crippen LogP contribution in [-0.2, 0) is 6.18 Å². The van der Waals surface area contributed by atoms with Crippen LogP contribution in [0.3, 0.4) is 0 Å². The number of hydrogen-bond acceptors (Lipinski definition) is 4. The second-order valence-electron chi connectivity index (χ2n) is 6.49. The molecule has 0 saturated carbocycles. The number of benzene rings is 2. The molecule has 4 aromatic rings. The van der Waals surface area contributed by atoms with E-state index in [0.29, 0.717) is 4.68 Å². The number of thiocarbonyl (C=S) groups is 1. The first-order valence-corrected chi connectivity index (χ1v) is 9.91. The fourth-order valence-electron chi connectivity index (χ4n) is 3.19. The average molecular weight is 501 g/mol. The first kappa shape index (κ1) is 22.3. The van der Waals surface area contributed by atoms with Crippen LogP contribution in [0.2, 0.25) is 10.0 Å². The van der Waals surface area contributed by atoms with E-state index in [9.17, 15) is 17.6 Å². The minimum absolute atomic E-state index is 0.0481. The molecule has 2 heterocycles. The third-order valence-electron chi connectivity index (χ3n) is 4.47. The van der Waals surface area contributed by atoms with Crippen molar-refractivity contribution in [3.05, 3.63) is 75.8 Å². The Morgan fingerprint density at radius 3 is 2.47 bits per heavy atom. The lowest BCUT2D eigenvalue weighted by Crippen LogP contribution is -2.16. The standard InChI is InChI=1S/C20H10Cl2F4N4OS/c21-9-3-1-4-10(7-9)30-18(20(24,25)26)11(8-28-30)17-15(19(27)32)16(29-31-17)14-12(22)5-2-6-13(14)23/h1-8H,(H2,27,32). The molecule has 0 unspecified atom stereocenters. The van der Waals surface area contributed by atoms with Gasteiger partial charge in [0, 0.05) is 5.02 Å². The normalized spacial score (nSPS) is 11.7. The Balaban J connectivity index is 2.00. The molecule has 0 amide bonds. The van der Waals surface area contributed by atoms with E-state index in [1.54, 1.807) is 0 Å². The number of alkyl halides is 3. The predicted octanol–water partition coefficient (Wildman–Crippen LogP) is 6.29. The third kappa shape index (κ3) is 3.85. The van der Waals surface area contributed by atoms with Crippen molar-refractivity contribution < 1.29 is 22.1 Å². The molecule has 2 N–H and O–H groups in total. The molecule has 0 aliphatic heterocycles. The zero-order chi connectivity index (χ0) is 23.2. The summed E-state index contributed by atoms with van der Waals surface area (Å²) >= 11 is 17.0. The van der Waals surface area contributed by atoms with Gasteiger partial charge in [0.2, 0.25) is 0 Å². The van der Waals surface area contributed by atoms with Gasteiger partial charge < -0.3 is 10.3 Å². The van der Waals surface area contributed by atoms with E-state index in [4.69, 9.17) is 45.7 Å². The Hall–Kier alpha value is -2.95. The molecule has 0 aliphatic rings. The van der Waals surface area contributed by atoms with Crippen molar-refractivity contribution in [3.63, 3.8) is 0 Å². The number of hydrogen-bond donors (Lipinski definition) is 1. The van der Waals surface area contributed by atoms with Crippen molar-refractivity contribution in [1.29, 1.82) is 0 Å². The first-order valence-electron chi connectivity index (χ1n) is 8.75. The zero-order valence-corrected chi connectivity index (χ0v) is 18.0. The minimum atomic E-state index is -4.87. The Morgan fingerprint density at radius 2 is 1.84 bits per heavy atom. The molecule has 32 heavy (non-hydrogen) atoms. The largest absolute Gasteiger partial charge is 0.434 e. The van der Waals surface area contributed by atoms with E-state index < -0.39 is 29.0 Å². The van der Waals surface area contributed by atoms with Gasteiger partial charge in [-0.05, 0) is 30.3 Å². The highest BCUT2D eigenvalue weighted by atomic mass is 35.5. The molecule has 0 bridgehead atoms. The molecule has 0 aliphatic carbocycles. The molecule has 164 valence electrons. The van der Waals surface area contributed by atoms with Gasteiger partial charge in [-0.15, -0.1) is 0 Å². The van der Waals surface area contributed by atoms with E-state index in [-0.39, 0.29) is 37.5 Å². The minimum Gasteiger partial charge on any atom is -0.389 e. The quantitative estimate of drug-likeness (QED) is 0.263. The van der Waals surface area contributed by atoms with Crippen LogP contribution in [0.4, 0.5) is 17.6 Å². The van der Waals surface area contributed by atoms with Gasteiger partial charge in [0.15, 0.2) is 11.5 Å². The number of nitrogens with zero attached hydrogens (tertiary/aromatic N) is 3. The van der Waals surface area contributed by atoms with Gasteiger partial charge in [-0.25, -0.2) is 9.07 Å². The maximum Gasteiger partial charge on any atom is 0.434 e. The molecule has 0 spiro atoms. The lowest BCUT2D eigenvalue weighted by molar-refractivity contribution is -0.142. The SMILES string of the molecule is NC(=S)c1c(-c2c(F)cccc2Cl)noc1-c1cnn(-c2cccc(Cl)c2)c1C(F)(F)F. The molecule has 2 aromatic carbocycles. The van der Waals surface area contributed by atoms with Crippen LogP contribution >= 0.6 is 35.4 Å². The smallest absolute Gasteiger partial charge is 0.389 e. The van der Waals surface area contributed by atoms with E-state index in [2.05, 4.69) is 10.3 Å². The third-order valence-corrected chi connectivity index (χ3v) is 5.23. The second-order valence-corrected chi connectivity index (χ2v) is 7.78. The number of aromatic nitrogens is 3. The molecule has 0 saturated heterocycles. The Kier molecular flexibility index (Phi) is 5.70. The summed E-state index contributed by atoms with van der Waals surface area (Å²) in [5, 5.41) is 7.75. The summed E-state index contributed by atoms with van der Waals surface area (Å²) in [6.45, 7) is 0. The monoisotopic (exact) mass is 500 g/mol. The number of nitrogens with two attached hydrogens (primary N) is 1. The van der Waals surface area contributed by atoms with E-state index in [0.717, 1.165) is 12.3 Å². The Bertz CT molecular complexity index is 1330. The predicted molar refractivity (Wildman–Crippen MR) is 115 cm³/mol. The average Bonchev–Trinajstić information content (AvgIpc) is 3.32. The topological polar surface area (TPSA) is 69.9 Å². The van der Waals surface area contributed by atoms with Crippen LogP contribution in [0, 0.1) is 5.82 Å². The highest BCUT2D eigenvalue weighted by molar-refractivity contribution is 7.80. The summed E-state index contributed by atoms with van der Waals surface area (Å²) in [4.78, 5) is -0.362. The van der Waals surface area contributed by atoms with Crippen LogP contribution in [0.1, 0.15) is 11.3 Å². The van der Waals surface area contributed by atoms with E-state index >= 15 is 0 Å². The summed E-state index contributed by atoms with van der Waals surface area (Å²) in [5.74, 6) is -1.20. The van der Waals surface area contributed by atoms with Gasteiger partial charge in [0.1, 0.15) is 16.5 Å². The molecule has 0 atom stereocenters. The van der Waals surface area contributed by atoms with E-state index in [1.807, 2.05) is 0 Å². The van der Waals surface area contributed by atoms with Crippen LogP contribution in [0.5, 0.6) is 0 Å². The molecule has 0 radical (unpaired) electrons. The lowest BCUT2D eigenvalue weighted by atomic mass is 10.0. The summed E-state index contributed by atoms with van der Waals surface area (Å²) in [7, 11) is 0. The highest BCUT2D eigenvalue weighted by Gasteiger charge is 2.41. The van der Waals surface area contributed by atoms with Crippen molar-refractivity contribution >= 4 is 40.4 Å². The van der Waals surface area contributed by atoms with Crippen molar-refractivity contribution in [2.24, 2.45) is 5.73 Å². The summed E-state index contributed by atoms with van der Waals surface area (Å²) in [5.41, 5.74) is 3.52. The van der Waals surface area contributed by atoms with Gasteiger partial charge in [0.25, 0.3) is 0 Å². The fraction of sp³-hybridized carbons (Fsp3) is 0.0500. The molecule has 5 nitrogen and oxygen atoms in total. The summed E-state index contributed by atoms with van der Waals surface area (Å²) in [6, 6.07) is 9.55. The van der Waals surface area contributed by atoms with Crippen molar-refractivity contribution in [1.82, 2.24) is 14.9 Å². The van der Waals surface area contributed by atoms with Gasteiger partial charge in [-0.3, -0.25) is 0 Å².